The van der Waals surface area contributed by atoms with Gasteiger partial charge in [-0.1, -0.05) is 0 Å². The van der Waals surface area contributed by atoms with Crippen LogP contribution >= 0.6 is 0 Å². The van der Waals surface area contributed by atoms with Crippen LogP contribution in [-0.4, -0.2) is 35.8 Å². The summed E-state index contributed by atoms with van der Waals surface area (Å²) >= 11 is 0. The van der Waals surface area contributed by atoms with Crippen LogP contribution in [0, 0.1) is 0 Å². The Morgan fingerprint density at radius 3 is 2.77 bits per heavy atom. The van der Waals surface area contributed by atoms with Crippen molar-refractivity contribution in [2.75, 3.05) is 13.1 Å². The Hall–Kier alpha value is -1.59. The number of nitrogens with two attached hydrogens (primary N) is 1. The number of hydrogen-bond donors (Lipinski definition) is 2. The molecule has 3 N–H and O–H groups in total. The Balaban J connectivity index is 2.49. The number of carbonyl (C=O) groups excluding carboxylic acids is 3. The largest absolute Gasteiger partial charge is 0.370 e. The molecule has 0 unspecified atom stereocenters. The van der Waals surface area contributed by atoms with Crippen molar-refractivity contribution in [1.29, 1.82) is 0 Å². The quantitative estimate of drug-likeness (QED) is 0.578. The minimum atomic E-state index is -0.522. The van der Waals surface area contributed by atoms with E-state index >= 15 is 0 Å². The lowest BCUT2D eigenvalue weighted by Crippen LogP contribution is -2.50. The molecule has 0 aromatic rings. The topological polar surface area (TPSA) is 92.5 Å². The van der Waals surface area contributed by atoms with Crippen molar-refractivity contribution in [2.24, 2.45) is 5.73 Å². The number of nitrogens with zero attached hydrogens (tertiary/aromatic N) is 1. The lowest BCUT2D eigenvalue weighted by molar-refractivity contribution is -0.129. The van der Waals surface area contributed by atoms with Crippen molar-refractivity contribution in [3.05, 3.63) is 0 Å². The Labute approximate surface area is 75.1 Å². The predicted molar refractivity (Wildman–Crippen MR) is 43.5 cm³/mol. The highest BCUT2D eigenvalue weighted by Gasteiger charge is 2.25. The van der Waals surface area contributed by atoms with E-state index in [0.29, 0.717) is 6.54 Å². The number of nitrogens with one attached hydrogen (secondary N) is 1. The van der Waals surface area contributed by atoms with E-state index in [-0.39, 0.29) is 25.3 Å². The van der Waals surface area contributed by atoms with Crippen LogP contribution in [0.2, 0.25) is 0 Å². The van der Waals surface area contributed by atoms with Gasteiger partial charge >= 0.3 is 6.03 Å². The molecule has 0 atom stereocenters. The number of hydrogen-bond acceptors (Lipinski definition) is 3. The number of carbonyl (C=O) groups is 3. The molecule has 6 nitrogen and oxygen atoms in total. The summed E-state index contributed by atoms with van der Waals surface area (Å²) < 4.78 is 0. The van der Waals surface area contributed by atoms with E-state index in [1.54, 1.807) is 0 Å². The number of rotatable bonds is 3. The van der Waals surface area contributed by atoms with Crippen LogP contribution in [0.5, 0.6) is 0 Å². The molecule has 0 aromatic heterocycles. The minimum absolute atomic E-state index is 0.0131. The Morgan fingerprint density at radius 2 is 2.23 bits per heavy atom. The summed E-state index contributed by atoms with van der Waals surface area (Å²) in [6, 6.07) is -0.447. The van der Waals surface area contributed by atoms with Gasteiger partial charge in [0, 0.05) is 25.9 Å². The molecule has 0 aliphatic carbocycles. The van der Waals surface area contributed by atoms with Gasteiger partial charge in [-0.05, 0) is 0 Å². The SMILES string of the molecule is NC(=O)CCN1C(=O)CCNC1=O. The lowest BCUT2D eigenvalue weighted by atomic mass is 10.3. The summed E-state index contributed by atoms with van der Waals surface area (Å²) in [6.45, 7) is 0.435. The van der Waals surface area contributed by atoms with Gasteiger partial charge in [-0.3, -0.25) is 14.5 Å². The van der Waals surface area contributed by atoms with E-state index < -0.39 is 11.9 Å². The van der Waals surface area contributed by atoms with E-state index in [1.165, 1.54) is 0 Å². The molecule has 1 fully saturated rings. The first kappa shape index (κ1) is 9.50. The van der Waals surface area contributed by atoms with E-state index in [9.17, 15) is 14.4 Å². The van der Waals surface area contributed by atoms with Crippen molar-refractivity contribution >= 4 is 17.8 Å². The monoisotopic (exact) mass is 185 g/mol. The summed E-state index contributed by atoms with van der Waals surface area (Å²) in [4.78, 5) is 33.6. The fraction of sp³-hybridized carbons (Fsp3) is 0.571. The molecule has 0 aromatic carbocycles. The second-order valence-electron chi connectivity index (χ2n) is 2.74. The van der Waals surface area contributed by atoms with Gasteiger partial charge in [0.1, 0.15) is 0 Å². The first-order chi connectivity index (χ1) is 6.11. The van der Waals surface area contributed by atoms with Crippen LogP contribution < -0.4 is 11.1 Å². The van der Waals surface area contributed by atoms with Crippen LogP contribution in [0.25, 0.3) is 0 Å². The summed E-state index contributed by atoms with van der Waals surface area (Å²) in [5.74, 6) is -0.781. The number of amides is 4. The maximum atomic E-state index is 11.1. The van der Waals surface area contributed by atoms with Gasteiger partial charge in [0.15, 0.2) is 0 Å². The van der Waals surface area contributed by atoms with Crippen molar-refractivity contribution in [3.8, 4) is 0 Å². The molecule has 13 heavy (non-hydrogen) atoms. The fourth-order valence-electron chi connectivity index (χ4n) is 1.07. The van der Waals surface area contributed by atoms with Crippen LogP contribution in [0.1, 0.15) is 12.8 Å². The molecule has 1 saturated heterocycles. The maximum Gasteiger partial charge on any atom is 0.324 e. The van der Waals surface area contributed by atoms with Crippen LogP contribution in [0.15, 0.2) is 0 Å². The second kappa shape index (κ2) is 3.88. The van der Waals surface area contributed by atoms with Gasteiger partial charge in [0.05, 0.1) is 0 Å². The van der Waals surface area contributed by atoms with E-state index in [0.717, 1.165) is 4.90 Å². The molecule has 1 rings (SSSR count). The van der Waals surface area contributed by atoms with Gasteiger partial charge in [0.2, 0.25) is 11.8 Å². The van der Waals surface area contributed by atoms with Crippen LogP contribution in [0.3, 0.4) is 0 Å². The number of primary amides is 1. The Kier molecular flexibility index (Phi) is 2.84. The summed E-state index contributed by atoms with van der Waals surface area (Å²) in [5.41, 5.74) is 4.89. The van der Waals surface area contributed by atoms with Gasteiger partial charge in [-0.15, -0.1) is 0 Å². The summed E-state index contributed by atoms with van der Waals surface area (Å²) in [6.07, 6.45) is 0.295. The van der Waals surface area contributed by atoms with Crippen LogP contribution in [-0.2, 0) is 9.59 Å². The summed E-state index contributed by atoms with van der Waals surface area (Å²) in [7, 11) is 0. The van der Waals surface area contributed by atoms with E-state index in [4.69, 9.17) is 5.73 Å². The molecular weight excluding hydrogens is 174 g/mol. The molecule has 72 valence electrons. The molecule has 1 heterocycles. The molecule has 0 bridgehead atoms. The van der Waals surface area contributed by atoms with Crippen molar-refractivity contribution in [2.45, 2.75) is 12.8 Å². The normalized spacial score (nSPS) is 17.1. The average molecular weight is 185 g/mol. The first-order valence-corrected chi connectivity index (χ1v) is 3.98. The van der Waals surface area contributed by atoms with E-state index in [1.807, 2.05) is 0 Å². The zero-order valence-electron chi connectivity index (χ0n) is 7.08. The first-order valence-electron chi connectivity index (χ1n) is 3.98. The van der Waals surface area contributed by atoms with Gasteiger partial charge in [0.25, 0.3) is 0 Å². The van der Waals surface area contributed by atoms with Gasteiger partial charge in [-0.25, -0.2) is 4.79 Å². The third kappa shape index (κ3) is 2.43. The van der Waals surface area contributed by atoms with E-state index in [2.05, 4.69) is 5.32 Å². The summed E-state index contributed by atoms with van der Waals surface area (Å²) in [5, 5.41) is 2.50. The zero-order valence-corrected chi connectivity index (χ0v) is 7.08. The highest BCUT2D eigenvalue weighted by molar-refractivity contribution is 5.97. The molecule has 4 amide bonds. The highest BCUT2D eigenvalue weighted by Crippen LogP contribution is 2.01. The second-order valence-corrected chi connectivity index (χ2v) is 2.74. The maximum absolute atomic E-state index is 11.1. The third-order valence-corrected chi connectivity index (χ3v) is 1.74. The molecule has 0 spiro atoms. The molecule has 1 aliphatic heterocycles. The van der Waals surface area contributed by atoms with Crippen molar-refractivity contribution < 1.29 is 14.4 Å². The minimum Gasteiger partial charge on any atom is -0.370 e. The molecule has 0 saturated carbocycles. The number of imide groups is 1. The Morgan fingerprint density at radius 1 is 1.54 bits per heavy atom. The fourth-order valence-corrected chi connectivity index (χ4v) is 1.07. The van der Waals surface area contributed by atoms with Crippen molar-refractivity contribution in [3.63, 3.8) is 0 Å². The van der Waals surface area contributed by atoms with Gasteiger partial charge < -0.3 is 11.1 Å². The molecular formula is C7H11N3O3. The van der Waals surface area contributed by atoms with Gasteiger partial charge in [-0.2, -0.15) is 0 Å². The molecule has 1 aliphatic rings. The highest BCUT2D eigenvalue weighted by atomic mass is 16.2. The Bertz CT molecular complexity index is 235. The molecule has 0 radical (unpaired) electrons. The smallest absolute Gasteiger partial charge is 0.324 e. The van der Waals surface area contributed by atoms with Crippen molar-refractivity contribution in [1.82, 2.24) is 10.2 Å². The standard InChI is InChI=1S/C7H11N3O3/c8-5(11)2-4-10-6(12)1-3-9-7(10)13/h1-4H2,(H2,8,11)(H,9,13). The third-order valence-electron chi connectivity index (χ3n) is 1.74. The average Bonchev–Trinajstić information content (AvgIpc) is 2.03. The lowest BCUT2D eigenvalue weighted by Gasteiger charge is -2.24. The zero-order chi connectivity index (χ0) is 9.84. The van der Waals surface area contributed by atoms with Crippen LogP contribution in [0.4, 0.5) is 4.79 Å². The predicted octanol–water partition coefficient (Wildman–Crippen LogP) is -1.20. The number of urea groups is 1. The molecule has 6 heteroatoms.